The molecule has 1 aromatic rings. The van der Waals surface area contributed by atoms with Gasteiger partial charge in [0.25, 0.3) is 0 Å². The second-order valence-electron chi connectivity index (χ2n) is 4.04. The van der Waals surface area contributed by atoms with Gasteiger partial charge in [-0.25, -0.2) is 4.98 Å². The SMILES string of the molecule is CC(C)n1c(C2CCC2)cnc1Cl. The molecule has 2 rings (SSSR count). The molecule has 0 unspecified atom stereocenters. The lowest BCUT2D eigenvalue weighted by atomic mass is 9.83. The van der Waals surface area contributed by atoms with Gasteiger partial charge in [-0.3, -0.25) is 0 Å². The maximum atomic E-state index is 6.02. The van der Waals surface area contributed by atoms with Crippen molar-refractivity contribution in [2.45, 2.75) is 45.1 Å². The molecular formula is C10H15ClN2. The van der Waals surface area contributed by atoms with Gasteiger partial charge in [0, 0.05) is 17.7 Å². The van der Waals surface area contributed by atoms with E-state index in [9.17, 15) is 0 Å². The Balaban J connectivity index is 2.33. The first-order valence-corrected chi connectivity index (χ1v) is 5.30. The lowest BCUT2D eigenvalue weighted by Crippen LogP contribution is -2.15. The third-order valence-corrected chi connectivity index (χ3v) is 3.10. The van der Waals surface area contributed by atoms with Gasteiger partial charge in [0.15, 0.2) is 0 Å². The summed E-state index contributed by atoms with van der Waals surface area (Å²) in [5.74, 6) is 0.711. The fourth-order valence-corrected chi connectivity index (χ4v) is 2.21. The van der Waals surface area contributed by atoms with Crippen LogP contribution in [0.3, 0.4) is 0 Å². The molecule has 0 spiro atoms. The third kappa shape index (κ3) is 1.48. The molecule has 1 aromatic heterocycles. The van der Waals surface area contributed by atoms with E-state index in [0.717, 1.165) is 0 Å². The van der Waals surface area contributed by atoms with E-state index >= 15 is 0 Å². The molecule has 1 heterocycles. The highest BCUT2D eigenvalue weighted by atomic mass is 35.5. The highest BCUT2D eigenvalue weighted by Crippen LogP contribution is 2.38. The van der Waals surface area contributed by atoms with E-state index in [0.29, 0.717) is 17.2 Å². The first-order chi connectivity index (χ1) is 6.20. The summed E-state index contributed by atoms with van der Waals surface area (Å²) in [4.78, 5) is 4.17. The Morgan fingerprint density at radius 3 is 2.69 bits per heavy atom. The zero-order valence-corrected chi connectivity index (χ0v) is 8.88. The van der Waals surface area contributed by atoms with Gasteiger partial charge >= 0.3 is 0 Å². The van der Waals surface area contributed by atoms with Crippen molar-refractivity contribution in [2.75, 3.05) is 0 Å². The first-order valence-electron chi connectivity index (χ1n) is 4.92. The molecular weight excluding hydrogens is 184 g/mol. The van der Waals surface area contributed by atoms with E-state index in [1.54, 1.807) is 0 Å². The molecule has 1 fully saturated rings. The fraction of sp³-hybridized carbons (Fsp3) is 0.700. The zero-order valence-electron chi connectivity index (χ0n) is 8.13. The molecule has 0 aromatic carbocycles. The van der Waals surface area contributed by atoms with E-state index in [4.69, 9.17) is 11.6 Å². The van der Waals surface area contributed by atoms with E-state index in [-0.39, 0.29) is 0 Å². The average molecular weight is 199 g/mol. The van der Waals surface area contributed by atoms with Crippen LogP contribution in [0.4, 0.5) is 0 Å². The van der Waals surface area contributed by atoms with Crippen molar-refractivity contribution in [1.29, 1.82) is 0 Å². The number of hydrogen-bond donors (Lipinski definition) is 0. The number of aromatic nitrogens is 2. The smallest absolute Gasteiger partial charge is 0.203 e. The number of halogens is 1. The number of imidazole rings is 1. The van der Waals surface area contributed by atoms with E-state index < -0.39 is 0 Å². The highest BCUT2D eigenvalue weighted by Gasteiger charge is 2.25. The summed E-state index contributed by atoms with van der Waals surface area (Å²) in [5.41, 5.74) is 1.33. The van der Waals surface area contributed by atoms with Crippen LogP contribution in [-0.4, -0.2) is 9.55 Å². The Kier molecular flexibility index (Phi) is 2.33. The van der Waals surface area contributed by atoms with Crippen LogP contribution in [0.2, 0.25) is 5.28 Å². The molecule has 1 aliphatic carbocycles. The predicted octanol–water partition coefficient (Wildman–Crippen LogP) is 3.38. The maximum absolute atomic E-state index is 6.02. The molecule has 3 heteroatoms. The van der Waals surface area contributed by atoms with Crippen molar-refractivity contribution >= 4 is 11.6 Å². The van der Waals surface area contributed by atoms with Crippen LogP contribution in [0, 0.1) is 0 Å². The number of hydrogen-bond acceptors (Lipinski definition) is 1. The monoisotopic (exact) mass is 198 g/mol. The van der Waals surface area contributed by atoms with Crippen molar-refractivity contribution in [3.8, 4) is 0 Å². The van der Waals surface area contributed by atoms with Gasteiger partial charge in [-0.05, 0) is 38.3 Å². The van der Waals surface area contributed by atoms with Gasteiger partial charge in [-0.1, -0.05) is 6.42 Å². The second kappa shape index (κ2) is 3.33. The summed E-state index contributed by atoms with van der Waals surface area (Å²) in [6, 6.07) is 0.422. The molecule has 13 heavy (non-hydrogen) atoms. The molecule has 0 radical (unpaired) electrons. The topological polar surface area (TPSA) is 17.8 Å². The molecule has 1 aliphatic rings. The van der Waals surface area contributed by atoms with Crippen LogP contribution < -0.4 is 0 Å². The molecule has 72 valence electrons. The van der Waals surface area contributed by atoms with Crippen LogP contribution in [0.15, 0.2) is 6.20 Å². The Bertz CT molecular complexity index is 300. The number of nitrogens with zero attached hydrogens (tertiary/aromatic N) is 2. The van der Waals surface area contributed by atoms with Gasteiger partial charge in [-0.15, -0.1) is 0 Å². The van der Waals surface area contributed by atoms with Gasteiger partial charge in [0.1, 0.15) is 0 Å². The first kappa shape index (κ1) is 9.07. The molecule has 0 bridgehead atoms. The van der Waals surface area contributed by atoms with Gasteiger partial charge in [-0.2, -0.15) is 0 Å². The van der Waals surface area contributed by atoms with Crippen molar-refractivity contribution in [3.05, 3.63) is 17.2 Å². The Morgan fingerprint density at radius 2 is 2.23 bits per heavy atom. The van der Waals surface area contributed by atoms with Crippen LogP contribution in [0.1, 0.15) is 50.8 Å². The molecule has 0 N–H and O–H groups in total. The van der Waals surface area contributed by atoms with Crippen LogP contribution in [0.25, 0.3) is 0 Å². The Morgan fingerprint density at radius 1 is 1.54 bits per heavy atom. The molecule has 0 aliphatic heterocycles. The minimum absolute atomic E-state index is 0.422. The quantitative estimate of drug-likeness (QED) is 0.713. The van der Waals surface area contributed by atoms with Gasteiger partial charge < -0.3 is 4.57 Å². The largest absolute Gasteiger partial charge is 0.316 e. The van der Waals surface area contributed by atoms with Crippen molar-refractivity contribution in [3.63, 3.8) is 0 Å². The number of rotatable bonds is 2. The summed E-state index contributed by atoms with van der Waals surface area (Å²) < 4.78 is 2.14. The summed E-state index contributed by atoms with van der Waals surface area (Å²) in [6.07, 6.45) is 5.89. The fourth-order valence-electron chi connectivity index (χ4n) is 1.87. The molecule has 0 saturated heterocycles. The van der Waals surface area contributed by atoms with Crippen molar-refractivity contribution in [1.82, 2.24) is 9.55 Å². The predicted molar refractivity (Wildman–Crippen MR) is 54.2 cm³/mol. The van der Waals surface area contributed by atoms with Crippen molar-refractivity contribution < 1.29 is 0 Å². The van der Waals surface area contributed by atoms with Crippen LogP contribution in [0.5, 0.6) is 0 Å². The molecule has 2 nitrogen and oxygen atoms in total. The summed E-state index contributed by atoms with van der Waals surface area (Å²) in [7, 11) is 0. The molecule has 0 amide bonds. The Hall–Kier alpha value is -0.500. The van der Waals surface area contributed by atoms with Gasteiger partial charge in [0.2, 0.25) is 5.28 Å². The lowest BCUT2D eigenvalue weighted by molar-refractivity contribution is 0.388. The summed E-state index contributed by atoms with van der Waals surface area (Å²) >= 11 is 6.02. The molecule has 0 atom stereocenters. The minimum Gasteiger partial charge on any atom is -0.316 e. The third-order valence-electron chi connectivity index (χ3n) is 2.82. The van der Waals surface area contributed by atoms with Crippen molar-refractivity contribution in [2.24, 2.45) is 0 Å². The van der Waals surface area contributed by atoms with E-state index in [1.807, 2.05) is 6.20 Å². The minimum atomic E-state index is 0.422. The maximum Gasteiger partial charge on any atom is 0.203 e. The summed E-state index contributed by atoms with van der Waals surface area (Å²) in [5, 5.41) is 0.636. The van der Waals surface area contributed by atoms with Gasteiger partial charge in [0.05, 0.1) is 6.20 Å². The van der Waals surface area contributed by atoms with Crippen LogP contribution in [-0.2, 0) is 0 Å². The lowest BCUT2D eigenvalue weighted by Gasteiger charge is -2.27. The van der Waals surface area contributed by atoms with E-state index in [2.05, 4.69) is 23.4 Å². The normalized spacial score (nSPS) is 17.8. The summed E-state index contributed by atoms with van der Waals surface area (Å²) in [6.45, 7) is 4.30. The second-order valence-corrected chi connectivity index (χ2v) is 4.38. The standard InChI is InChI=1S/C10H15ClN2/c1-7(2)13-9(6-12-10(13)11)8-4-3-5-8/h6-8H,3-5H2,1-2H3. The average Bonchev–Trinajstić information content (AvgIpc) is 2.28. The van der Waals surface area contributed by atoms with Crippen LogP contribution >= 0.6 is 11.6 Å². The molecule has 1 saturated carbocycles. The van der Waals surface area contributed by atoms with E-state index in [1.165, 1.54) is 25.0 Å². The highest BCUT2D eigenvalue weighted by molar-refractivity contribution is 6.28. The zero-order chi connectivity index (χ0) is 9.42. The Labute approximate surface area is 83.9 Å².